The number of benzene rings is 1. The lowest BCUT2D eigenvalue weighted by Gasteiger charge is -2.07. The highest BCUT2D eigenvalue weighted by atomic mass is 19.1. The highest BCUT2D eigenvalue weighted by molar-refractivity contribution is 6.33. The third kappa shape index (κ3) is 1.52. The second-order valence-corrected chi connectivity index (χ2v) is 3.72. The van der Waals surface area contributed by atoms with E-state index in [9.17, 15) is 14.0 Å². The van der Waals surface area contributed by atoms with Gasteiger partial charge < -0.3 is 0 Å². The molecule has 0 radical (unpaired) electrons. The first-order valence-corrected chi connectivity index (χ1v) is 4.81. The molecule has 82 valence electrons. The number of imide groups is 1. The van der Waals surface area contributed by atoms with Crippen molar-refractivity contribution in [2.24, 2.45) is 0 Å². The van der Waals surface area contributed by atoms with Crippen molar-refractivity contribution in [1.29, 1.82) is 0 Å². The van der Waals surface area contributed by atoms with Crippen LogP contribution in [0.5, 0.6) is 0 Å². The van der Waals surface area contributed by atoms with Gasteiger partial charge in [0.1, 0.15) is 5.82 Å². The van der Waals surface area contributed by atoms with E-state index in [1.165, 1.54) is 19.2 Å². The molecule has 4 heteroatoms. The summed E-state index contributed by atoms with van der Waals surface area (Å²) in [7, 11) is 1.40. The molecule has 0 bridgehead atoms. The number of carbonyl (C=O) groups excluding carboxylic acids is 2. The van der Waals surface area contributed by atoms with Crippen molar-refractivity contribution in [2.75, 3.05) is 7.05 Å². The van der Waals surface area contributed by atoms with Crippen LogP contribution in [0, 0.1) is 12.7 Å². The molecule has 0 saturated carbocycles. The van der Waals surface area contributed by atoms with Crippen molar-refractivity contribution in [3.05, 3.63) is 41.2 Å². The molecule has 1 aliphatic rings. The predicted molar refractivity (Wildman–Crippen MR) is 56.9 cm³/mol. The van der Waals surface area contributed by atoms with Crippen molar-refractivity contribution in [2.45, 2.75) is 6.92 Å². The molecule has 1 heterocycles. The average Bonchev–Trinajstić information content (AvgIpc) is 2.50. The fourth-order valence-corrected chi connectivity index (χ4v) is 1.53. The molecule has 1 aromatic rings. The zero-order valence-electron chi connectivity index (χ0n) is 8.95. The Morgan fingerprint density at radius 3 is 2.44 bits per heavy atom. The highest BCUT2D eigenvalue weighted by Gasteiger charge is 2.28. The van der Waals surface area contributed by atoms with Gasteiger partial charge in [0.05, 0.1) is 5.57 Å². The first kappa shape index (κ1) is 10.5. The first-order valence-electron chi connectivity index (χ1n) is 4.81. The Hall–Kier alpha value is -1.97. The Morgan fingerprint density at radius 2 is 1.94 bits per heavy atom. The predicted octanol–water partition coefficient (Wildman–Crippen LogP) is 1.52. The molecule has 1 aliphatic heterocycles. The molecule has 0 atom stereocenters. The molecular weight excluding hydrogens is 209 g/mol. The largest absolute Gasteiger partial charge is 0.278 e. The Balaban J connectivity index is 2.46. The lowest BCUT2D eigenvalue weighted by molar-refractivity contribution is -0.134. The summed E-state index contributed by atoms with van der Waals surface area (Å²) in [4.78, 5) is 23.9. The lowest BCUT2D eigenvalue weighted by atomic mass is 10.0. The molecule has 0 N–H and O–H groups in total. The molecule has 3 nitrogen and oxygen atoms in total. The van der Waals surface area contributed by atoms with Crippen LogP contribution in [0.3, 0.4) is 0 Å². The van der Waals surface area contributed by atoms with Crippen LogP contribution in [0.15, 0.2) is 24.3 Å². The summed E-state index contributed by atoms with van der Waals surface area (Å²) < 4.78 is 13.3. The Bertz CT molecular complexity index is 520. The Morgan fingerprint density at radius 1 is 1.25 bits per heavy atom. The van der Waals surface area contributed by atoms with Gasteiger partial charge in [0.25, 0.3) is 11.8 Å². The van der Waals surface area contributed by atoms with Crippen LogP contribution in [0.4, 0.5) is 4.39 Å². The Kier molecular flexibility index (Phi) is 2.34. The first-order chi connectivity index (χ1) is 7.50. The zero-order chi connectivity index (χ0) is 11.9. The molecule has 16 heavy (non-hydrogen) atoms. The number of nitrogens with zero attached hydrogens (tertiary/aromatic N) is 1. The van der Waals surface area contributed by atoms with Crippen LogP contribution in [0.25, 0.3) is 5.57 Å². The van der Waals surface area contributed by atoms with Gasteiger partial charge in [-0.25, -0.2) is 4.39 Å². The summed E-state index contributed by atoms with van der Waals surface area (Å²) in [5, 5.41) is 0. The molecule has 0 unspecified atom stereocenters. The molecule has 0 aliphatic carbocycles. The van der Waals surface area contributed by atoms with E-state index in [0.717, 1.165) is 4.90 Å². The van der Waals surface area contributed by atoms with Crippen molar-refractivity contribution in [1.82, 2.24) is 4.90 Å². The van der Waals surface area contributed by atoms with E-state index in [2.05, 4.69) is 0 Å². The van der Waals surface area contributed by atoms with Gasteiger partial charge >= 0.3 is 0 Å². The monoisotopic (exact) mass is 219 g/mol. The van der Waals surface area contributed by atoms with Crippen LogP contribution >= 0.6 is 0 Å². The SMILES string of the molecule is Cc1ccc(C2=CC(=O)N(C)C2=O)cc1F. The second kappa shape index (κ2) is 3.56. The summed E-state index contributed by atoms with van der Waals surface area (Å²) in [5.41, 5.74) is 1.19. The maximum absolute atomic E-state index is 13.3. The minimum atomic E-state index is -0.395. The number of hydrogen-bond donors (Lipinski definition) is 0. The summed E-state index contributed by atoms with van der Waals surface area (Å²) >= 11 is 0. The van der Waals surface area contributed by atoms with E-state index >= 15 is 0 Å². The van der Waals surface area contributed by atoms with Crippen LogP contribution in [0.1, 0.15) is 11.1 Å². The Labute approximate surface area is 92.2 Å². The lowest BCUT2D eigenvalue weighted by Crippen LogP contribution is -2.25. The van der Waals surface area contributed by atoms with Gasteiger partial charge in [0.2, 0.25) is 0 Å². The summed E-state index contributed by atoms with van der Waals surface area (Å²) in [5.74, 6) is -1.15. The van der Waals surface area contributed by atoms with Gasteiger partial charge in [0.15, 0.2) is 0 Å². The van der Waals surface area contributed by atoms with Crippen LogP contribution in [-0.2, 0) is 9.59 Å². The standard InChI is InChI=1S/C12H10FNO2/c1-7-3-4-8(5-10(7)13)9-6-11(15)14(2)12(9)16/h3-6H,1-2H3. The van der Waals surface area contributed by atoms with Gasteiger partial charge in [-0.2, -0.15) is 0 Å². The van der Waals surface area contributed by atoms with E-state index in [-0.39, 0.29) is 17.3 Å². The van der Waals surface area contributed by atoms with Gasteiger partial charge in [-0.1, -0.05) is 12.1 Å². The van der Waals surface area contributed by atoms with Crippen LogP contribution in [0.2, 0.25) is 0 Å². The summed E-state index contributed by atoms with van der Waals surface area (Å²) in [6.07, 6.45) is 1.23. The molecule has 0 fully saturated rings. The van der Waals surface area contributed by atoms with Gasteiger partial charge in [-0.3, -0.25) is 14.5 Å². The van der Waals surface area contributed by atoms with Crippen molar-refractivity contribution < 1.29 is 14.0 Å². The molecular formula is C12H10FNO2. The minimum absolute atomic E-state index is 0.242. The number of hydrogen-bond acceptors (Lipinski definition) is 2. The fraction of sp³-hybridized carbons (Fsp3) is 0.167. The molecule has 1 aromatic carbocycles. The topological polar surface area (TPSA) is 37.4 Å². The van der Waals surface area contributed by atoms with E-state index < -0.39 is 5.91 Å². The van der Waals surface area contributed by atoms with Gasteiger partial charge in [-0.05, 0) is 24.1 Å². The van der Waals surface area contributed by atoms with E-state index in [4.69, 9.17) is 0 Å². The quantitative estimate of drug-likeness (QED) is 0.671. The normalized spacial score (nSPS) is 15.7. The average molecular weight is 219 g/mol. The van der Waals surface area contributed by atoms with Crippen molar-refractivity contribution in [3.8, 4) is 0 Å². The zero-order valence-corrected chi connectivity index (χ0v) is 8.95. The number of amides is 2. The van der Waals surface area contributed by atoms with E-state index in [1.54, 1.807) is 19.1 Å². The van der Waals surface area contributed by atoms with Crippen molar-refractivity contribution in [3.63, 3.8) is 0 Å². The molecule has 2 amide bonds. The number of likely N-dealkylation sites (N-methyl/N-ethyl adjacent to an activating group) is 1. The van der Waals surface area contributed by atoms with Gasteiger partial charge in [0, 0.05) is 13.1 Å². The summed E-state index contributed by atoms with van der Waals surface area (Å²) in [6, 6.07) is 4.49. The third-order valence-corrected chi connectivity index (χ3v) is 2.62. The molecule has 2 rings (SSSR count). The van der Waals surface area contributed by atoms with Crippen molar-refractivity contribution >= 4 is 17.4 Å². The summed E-state index contributed by atoms with van der Waals surface area (Å²) in [6.45, 7) is 1.64. The minimum Gasteiger partial charge on any atom is -0.278 e. The van der Waals surface area contributed by atoms with Gasteiger partial charge in [-0.15, -0.1) is 0 Å². The maximum atomic E-state index is 13.3. The van der Waals surface area contributed by atoms with E-state index in [1.807, 2.05) is 0 Å². The molecule has 0 saturated heterocycles. The van der Waals surface area contributed by atoms with E-state index in [0.29, 0.717) is 11.1 Å². The number of carbonyl (C=O) groups is 2. The third-order valence-electron chi connectivity index (χ3n) is 2.62. The maximum Gasteiger partial charge on any atom is 0.261 e. The second-order valence-electron chi connectivity index (χ2n) is 3.72. The molecule has 0 aromatic heterocycles. The highest BCUT2D eigenvalue weighted by Crippen LogP contribution is 2.23. The molecule has 0 spiro atoms. The smallest absolute Gasteiger partial charge is 0.261 e. The number of aryl methyl sites for hydroxylation is 1. The van der Waals surface area contributed by atoms with Crippen LogP contribution in [-0.4, -0.2) is 23.8 Å². The fourth-order valence-electron chi connectivity index (χ4n) is 1.53. The van der Waals surface area contributed by atoms with Crippen LogP contribution < -0.4 is 0 Å². The number of halogens is 1. The number of rotatable bonds is 1.